The van der Waals surface area contributed by atoms with Gasteiger partial charge in [-0.3, -0.25) is 4.79 Å². The molecule has 5 nitrogen and oxygen atoms in total. The molecule has 0 aromatic heterocycles. The third-order valence-electron chi connectivity index (χ3n) is 6.48. The molecule has 0 radical (unpaired) electrons. The number of fused-ring (bicyclic) bond motifs is 1. The van der Waals surface area contributed by atoms with Gasteiger partial charge in [0.2, 0.25) is 0 Å². The fourth-order valence-corrected chi connectivity index (χ4v) is 4.88. The Kier molecular flexibility index (Phi) is 8.39. The molecule has 10 heteroatoms. The average Bonchev–Trinajstić information content (AvgIpc) is 2.90. The van der Waals surface area contributed by atoms with Crippen LogP contribution in [0.15, 0.2) is 89.8 Å². The molecule has 4 aromatic rings. The summed E-state index contributed by atoms with van der Waals surface area (Å²) in [6.07, 6.45) is 0. The fourth-order valence-electron chi connectivity index (χ4n) is 4.34. The summed E-state index contributed by atoms with van der Waals surface area (Å²) < 4.78 is 57.9. The number of carboxylic acid groups (broad SMARTS) is 1. The number of nitrogens with one attached hydrogen (secondary N) is 1. The summed E-state index contributed by atoms with van der Waals surface area (Å²) in [5, 5.41) is 13.5. The highest BCUT2D eigenvalue weighted by atomic mass is 32.2. The standard InChI is InChI=1S/C30H25F4NO4S/c1-29(2,20-6-4-3-5-7-20)26(28(37)38)35-27(36)24-14-10-19-16-21(31)11-15-23(19)25(24)39-17-18-8-12-22(13-9-18)40-30(32,33)34/h3-16,26H,17H2,1-2H3,(H,35,36)(H,37,38)/t26-/m1/s1. The van der Waals surface area contributed by atoms with E-state index < -0.39 is 34.7 Å². The second kappa shape index (κ2) is 11.6. The summed E-state index contributed by atoms with van der Waals surface area (Å²) in [5.41, 5.74) is -4.13. The first kappa shape index (κ1) is 28.9. The first-order valence-corrected chi connectivity index (χ1v) is 13.0. The van der Waals surface area contributed by atoms with E-state index in [0.717, 1.165) is 0 Å². The lowest BCUT2D eigenvalue weighted by atomic mass is 9.77. The number of alkyl halides is 3. The first-order chi connectivity index (χ1) is 18.8. The Morgan fingerprint density at radius 3 is 2.25 bits per heavy atom. The molecule has 0 heterocycles. The van der Waals surface area contributed by atoms with Gasteiger partial charge in [0, 0.05) is 15.7 Å². The van der Waals surface area contributed by atoms with Crippen molar-refractivity contribution in [2.45, 2.75) is 42.3 Å². The lowest BCUT2D eigenvalue weighted by Gasteiger charge is -2.32. The molecule has 0 saturated heterocycles. The topological polar surface area (TPSA) is 75.6 Å². The third-order valence-corrected chi connectivity index (χ3v) is 7.22. The normalized spacial score (nSPS) is 12.7. The van der Waals surface area contributed by atoms with E-state index in [2.05, 4.69) is 5.32 Å². The van der Waals surface area contributed by atoms with Crippen LogP contribution >= 0.6 is 11.8 Å². The van der Waals surface area contributed by atoms with Crippen molar-refractivity contribution in [1.29, 1.82) is 0 Å². The molecule has 0 aliphatic rings. The molecule has 0 aliphatic heterocycles. The molecule has 1 amide bonds. The average molecular weight is 572 g/mol. The SMILES string of the molecule is CC(C)(c1ccccc1)[C@H](NC(=O)c1ccc2cc(F)ccc2c1OCc1ccc(SC(F)(F)F)cc1)C(=O)O. The minimum absolute atomic E-state index is 0.0118. The van der Waals surface area contributed by atoms with Crippen LogP contribution in [0.3, 0.4) is 0 Å². The van der Waals surface area contributed by atoms with Gasteiger partial charge in [-0.15, -0.1) is 0 Å². The zero-order chi connectivity index (χ0) is 29.1. The van der Waals surface area contributed by atoms with Gasteiger partial charge in [-0.1, -0.05) is 62.4 Å². The van der Waals surface area contributed by atoms with E-state index in [9.17, 15) is 32.3 Å². The van der Waals surface area contributed by atoms with E-state index >= 15 is 0 Å². The van der Waals surface area contributed by atoms with Gasteiger partial charge in [0.05, 0.1) is 5.56 Å². The number of carboxylic acids is 1. The van der Waals surface area contributed by atoms with Gasteiger partial charge in [0.15, 0.2) is 0 Å². The maximum atomic E-state index is 13.9. The second-order valence-corrected chi connectivity index (χ2v) is 10.8. The molecule has 208 valence electrons. The van der Waals surface area contributed by atoms with E-state index in [1.54, 1.807) is 44.2 Å². The van der Waals surface area contributed by atoms with Crippen molar-refractivity contribution in [2.24, 2.45) is 0 Å². The molecule has 0 fully saturated rings. The quantitative estimate of drug-likeness (QED) is 0.163. The molecular weight excluding hydrogens is 546 g/mol. The third kappa shape index (κ3) is 6.74. The monoisotopic (exact) mass is 571 g/mol. The molecular formula is C30H25F4NO4S. The number of amides is 1. The van der Waals surface area contributed by atoms with Gasteiger partial charge in [0.25, 0.3) is 5.91 Å². The number of hydrogen-bond donors (Lipinski definition) is 2. The molecule has 1 atom stereocenters. The largest absolute Gasteiger partial charge is 0.487 e. The summed E-state index contributed by atoms with van der Waals surface area (Å²) in [7, 11) is 0. The molecule has 0 unspecified atom stereocenters. The van der Waals surface area contributed by atoms with Crippen LogP contribution in [0.25, 0.3) is 10.8 Å². The molecule has 4 aromatic carbocycles. The van der Waals surface area contributed by atoms with Gasteiger partial charge in [-0.2, -0.15) is 13.2 Å². The van der Waals surface area contributed by atoms with Gasteiger partial charge in [-0.25, -0.2) is 9.18 Å². The maximum absolute atomic E-state index is 13.9. The number of thioether (sulfide) groups is 1. The van der Waals surface area contributed by atoms with E-state index in [-0.39, 0.29) is 34.6 Å². The van der Waals surface area contributed by atoms with E-state index in [4.69, 9.17) is 4.74 Å². The van der Waals surface area contributed by atoms with Crippen molar-refractivity contribution in [2.75, 3.05) is 0 Å². The minimum Gasteiger partial charge on any atom is -0.487 e. The number of carbonyl (C=O) groups excluding carboxylic acids is 1. The molecule has 40 heavy (non-hydrogen) atoms. The fraction of sp³-hybridized carbons (Fsp3) is 0.200. The molecule has 0 aliphatic carbocycles. The van der Waals surface area contributed by atoms with Gasteiger partial charge in [0.1, 0.15) is 24.2 Å². The van der Waals surface area contributed by atoms with Gasteiger partial charge < -0.3 is 15.2 Å². The first-order valence-electron chi connectivity index (χ1n) is 12.1. The number of rotatable bonds is 9. The Morgan fingerprint density at radius 1 is 0.950 bits per heavy atom. The molecule has 0 spiro atoms. The van der Waals surface area contributed by atoms with Crippen molar-refractivity contribution in [3.8, 4) is 5.75 Å². The molecule has 4 rings (SSSR count). The van der Waals surface area contributed by atoms with Crippen LogP contribution in [0, 0.1) is 5.82 Å². The number of ether oxygens (including phenoxy) is 1. The van der Waals surface area contributed by atoms with Crippen LogP contribution in [0.5, 0.6) is 5.75 Å². The summed E-state index contributed by atoms with van der Waals surface area (Å²) >= 11 is -0.236. The van der Waals surface area contributed by atoms with Crippen LogP contribution in [0.1, 0.15) is 35.3 Å². The Hall–Kier alpha value is -4.05. The Bertz CT molecular complexity index is 1520. The Labute approximate surface area is 232 Å². The summed E-state index contributed by atoms with van der Waals surface area (Å²) in [6.45, 7) is 3.32. The zero-order valence-electron chi connectivity index (χ0n) is 21.5. The Morgan fingerprint density at radius 2 is 1.62 bits per heavy atom. The van der Waals surface area contributed by atoms with E-state index in [1.165, 1.54) is 54.6 Å². The minimum atomic E-state index is -4.42. The zero-order valence-corrected chi connectivity index (χ0v) is 22.3. The molecule has 2 N–H and O–H groups in total. The van der Waals surface area contributed by atoms with Crippen LogP contribution in [-0.2, 0) is 16.8 Å². The van der Waals surface area contributed by atoms with Crippen molar-refractivity contribution in [3.05, 3.63) is 107 Å². The van der Waals surface area contributed by atoms with Gasteiger partial charge >= 0.3 is 11.5 Å². The highest BCUT2D eigenvalue weighted by molar-refractivity contribution is 8.00. The Balaban J connectivity index is 1.65. The second-order valence-electron chi connectivity index (χ2n) is 9.62. The predicted molar refractivity (Wildman–Crippen MR) is 145 cm³/mol. The smallest absolute Gasteiger partial charge is 0.446 e. The number of carbonyl (C=O) groups is 2. The maximum Gasteiger partial charge on any atom is 0.446 e. The van der Waals surface area contributed by atoms with Crippen LogP contribution in [0.4, 0.5) is 17.6 Å². The van der Waals surface area contributed by atoms with Crippen LogP contribution in [0.2, 0.25) is 0 Å². The summed E-state index contributed by atoms with van der Waals surface area (Å²) in [5.74, 6) is -2.35. The van der Waals surface area contributed by atoms with E-state index in [1.807, 2.05) is 0 Å². The van der Waals surface area contributed by atoms with Crippen molar-refractivity contribution in [1.82, 2.24) is 5.32 Å². The number of hydrogen-bond acceptors (Lipinski definition) is 4. The molecule has 0 saturated carbocycles. The number of halogens is 4. The van der Waals surface area contributed by atoms with Crippen LogP contribution < -0.4 is 10.1 Å². The van der Waals surface area contributed by atoms with Gasteiger partial charge in [-0.05, 0) is 64.7 Å². The highest BCUT2D eigenvalue weighted by Crippen LogP contribution is 2.37. The van der Waals surface area contributed by atoms with Crippen molar-refractivity contribution in [3.63, 3.8) is 0 Å². The molecule has 0 bridgehead atoms. The lowest BCUT2D eigenvalue weighted by molar-refractivity contribution is -0.140. The predicted octanol–water partition coefficient (Wildman–Crippen LogP) is 7.33. The van der Waals surface area contributed by atoms with Crippen molar-refractivity contribution >= 4 is 34.4 Å². The summed E-state index contributed by atoms with van der Waals surface area (Å²) in [4.78, 5) is 25.8. The van der Waals surface area contributed by atoms with Crippen molar-refractivity contribution < 1.29 is 37.0 Å². The lowest BCUT2D eigenvalue weighted by Crippen LogP contribution is -2.52. The van der Waals surface area contributed by atoms with Crippen LogP contribution in [-0.4, -0.2) is 28.5 Å². The highest BCUT2D eigenvalue weighted by Gasteiger charge is 2.38. The summed E-state index contributed by atoms with van der Waals surface area (Å²) in [6, 6.07) is 20.1. The number of aliphatic carboxylic acids is 1. The van der Waals surface area contributed by atoms with E-state index in [0.29, 0.717) is 21.9 Å². The number of benzene rings is 4.